The molecule has 27 heavy (non-hydrogen) atoms. The van der Waals surface area contributed by atoms with E-state index >= 15 is 0 Å². The molecule has 0 aliphatic heterocycles. The molecule has 0 aliphatic carbocycles. The third-order valence-electron chi connectivity index (χ3n) is 4.50. The normalized spacial score (nSPS) is 12.1. The Morgan fingerprint density at radius 2 is 1.93 bits per heavy atom. The molecule has 0 saturated heterocycles. The van der Waals surface area contributed by atoms with E-state index in [1.54, 1.807) is 12.1 Å². The summed E-state index contributed by atoms with van der Waals surface area (Å²) in [4.78, 5) is 28.9. The number of rotatable bonds is 7. The number of aromatic nitrogens is 2. The van der Waals surface area contributed by atoms with Gasteiger partial charge in [0.1, 0.15) is 0 Å². The van der Waals surface area contributed by atoms with Crippen LogP contribution in [0, 0.1) is 0 Å². The number of nitrogens with zero attached hydrogens (tertiary/aromatic N) is 2. The van der Waals surface area contributed by atoms with Crippen LogP contribution >= 0.6 is 15.9 Å². The van der Waals surface area contributed by atoms with Crippen LogP contribution in [0.1, 0.15) is 25.3 Å². The minimum Gasteiger partial charge on any atom is -0.354 e. The maximum atomic E-state index is 12.4. The van der Waals surface area contributed by atoms with Crippen molar-refractivity contribution in [2.24, 2.45) is 0 Å². The summed E-state index contributed by atoms with van der Waals surface area (Å²) >= 11 is 3.43. The second-order valence-electron chi connectivity index (χ2n) is 6.64. The minimum absolute atomic E-state index is 0.0571. The number of carbonyl (C=O) groups is 1. The number of halogens is 1. The molecule has 6 heteroatoms. The Labute approximate surface area is 166 Å². The van der Waals surface area contributed by atoms with Gasteiger partial charge in [0.05, 0.1) is 17.2 Å². The first-order chi connectivity index (χ1) is 13.0. The maximum Gasteiger partial charge on any atom is 0.261 e. The average Bonchev–Trinajstić information content (AvgIpc) is 2.67. The summed E-state index contributed by atoms with van der Waals surface area (Å²) in [6.45, 7) is 2.32. The molecule has 0 bridgehead atoms. The standard InChI is InChI=1S/C21H22BrN3O2/c1-15(6-7-16-8-10-17(22)11-9-16)24-20(26)12-13-25-14-23-19-5-3-2-4-18(19)21(25)27/h2-5,8-11,14-15H,6-7,12-13H2,1H3,(H,24,26). The van der Waals surface area contributed by atoms with Gasteiger partial charge in [0, 0.05) is 23.5 Å². The van der Waals surface area contributed by atoms with Crippen molar-refractivity contribution in [2.75, 3.05) is 0 Å². The fourth-order valence-corrected chi connectivity index (χ4v) is 3.21. The van der Waals surface area contributed by atoms with Gasteiger partial charge in [-0.05, 0) is 49.6 Å². The fraction of sp³-hybridized carbons (Fsp3) is 0.286. The number of nitrogens with one attached hydrogen (secondary N) is 1. The van der Waals surface area contributed by atoms with Gasteiger partial charge in [0.2, 0.25) is 5.91 Å². The van der Waals surface area contributed by atoms with Gasteiger partial charge in [-0.15, -0.1) is 0 Å². The summed E-state index contributed by atoms with van der Waals surface area (Å²) in [6.07, 6.45) is 3.53. The van der Waals surface area contributed by atoms with Crippen LogP contribution < -0.4 is 10.9 Å². The molecule has 1 atom stereocenters. The van der Waals surface area contributed by atoms with Crippen molar-refractivity contribution in [1.82, 2.24) is 14.9 Å². The van der Waals surface area contributed by atoms with Crippen LogP contribution in [-0.2, 0) is 17.8 Å². The van der Waals surface area contributed by atoms with E-state index < -0.39 is 0 Å². The predicted octanol–water partition coefficient (Wildman–Crippen LogP) is 3.69. The topological polar surface area (TPSA) is 64.0 Å². The van der Waals surface area contributed by atoms with Gasteiger partial charge in [-0.3, -0.25) is 14.2 Å². The van der Waals surface area contributed by atoms with Gasteiger partial charge < -0.3 is 5.32 Å². The van der Waals surface area contributed by atoms with Crippen molar-refractivity contribution in [1.29, 1.82) is 0 Å². The average molecular weight is 428 g/mol. The van der Waals surface area contributed by atoms with Gasteiger partial charge in [-0.1, -0.05) is 40.2 Å². The Morgan fingerprint density at radius 1 is 1.19 bits per heavy atom. The summed E-state index contributed by atoms with van der Waals surface area (Å²) in [7, 11) is 0. The lowest BCUT2D eigenvalue weighted by Crippen LogP contribution is -2.34. The molecule has 0 fully saturated rings. The molecule has 3 rings (SSSR count). The quantitative estimate of drug-likeness (QED) is 0.625. The van der Waals surface area contributed by atoms with Crippen LogP contribution in [0.15, 0.2) is 64.1 Å². The molecular weight excluding hydrogens is 406 g/mol. The largest absolute Gasteiger partial charge is 0.354 e. The third kappa shape index (κ3) is 5.26. The molecule has 5 nitrogen and oxygen atoms in total. The highest BCUT2D eigenvalue weighted by Gasteiger charge is 2.09. The number of hydrogen-bond acceptors (Lipinski definition) is 3. The summed E-state index contributed by atoms with van der Waals surface area (Å²) in [5.74, 6) is -0.0571. The van der Waals surface area contributed by atoms with Crippen LogP contribution in [0.3, 0.4) is 0 Å². The summed E-state index contributed by atoms with van der Waals surface area (Å²) in [5, 5.41) is 3.58. The first kappa shape index (κ1) is 19.3. The summed E-state index contributed by atoms with van der Waals surface area (Å²) in [5.41, 5.74) is 1.80. The second-order valence-corrected chi connectivity index (χ2v) is 7.56. The van der Waals surface area contributed by atoms with E-state index in [4.69, 9.17) is 0 Å². The molecule has 1 aromatic heterocycles. The Kier molecular flexibility index (Phi) is 6.40. The van der Waals surface area contributed by atoms with Crippen LogP contribution in [0.5, 0.6) is 0 Å². The van der Waals surface area contributed by atoms with E-state index in [-0.39, 0.29) is 23.9 Å². The third-order valence-corrected chi connectivity index (χ3v) is 5.03. The fourth-order valence-electron chi connectivity index (χ4n) is 2.94. The van der Waals surface area contributed by atoms with E-state index in [1.807, 2.05) is 31.2 Å². The van der Waals surface area contributed by atoms with E-state index in [9.17, 15) is 9.59 Å². The predicted molar refractivity (Wildman–Crippen MR) is 111 cm³/mol. The molecule has 0 aliphatic rings. The van der Waals surface area contributed by atoms with Gasteiger partial charge in [-0.2, -0.15) is 0 Å². The molecule has 1 amide bonds. The zero-order valence-corrected chi connectivity index (χ0v) is 16.8. The molecule has 0 saturated carbocycles. The van der Waals surface area contributed by atoms with Gasteiger partial charge in [0.15, 0.2) is 0 Å². The molecule has 0 radical (unpaired) electrons. The Bertz CT molecular complexity index is 983. The number of hydrogen-bond donors (Lipinski definition) is 1. The smallest absolute Gasteiger partial charge is 0.261 e. The second kappa shape index (κ2) is 8.95. The zero-order chi connectivity index (χ0) is 19.2. The molecule has 0 spiro atoms. The van der Waals surface area contributed by atoms with Gasteiger partial charge >= 0.3 is 0 Å². The maximum absolute atomic E-state index is 12.4. The lowest BCUT2D eigenvalue weighted by atomic mass is 10.1. The number of benzene rings is 2. The molecular formula is C21H22BrN3O2. The minimum atomic E-state index is -0.114. The Hall–Kier alpha value is -2.47. The van der Waals surface area contributed by atoms with Crippen LogP contribution in [0.4, 0.5) is 0 Å². The van der Waals surface area contributed by atoms with Crippen molar-refractivity contribution in [3.05, 3.63) is 75.2 Å². The van der Waals surface area contributed by atoms with Crippen molar-refractivity contribution in [3.8, 4) is 0 Å². The van der Waals surface area contributed by atoms with E-state index in [0.29, 0.717) is 17.4 Å². The summed E-state index contributed by atoms with van der Waals surface area (Å²) < 4.78 is 2.56. The SMILES string of the molecule is CC(CCc1ccc(Br)cc1)NC(=O)CCn1cnc2ccccc2c1=O. The molecule has 3 aromatic rings. The molecule has 1 heterocycles. The van der Waals surface area contributed by atoms with Gasteiger partial charge in [-0.25, -0.2) is 4.98 Å². The van der Waals surface area contributed by atoms with Crippen molar-refractivity contribution in [3.63, 3.8) is 0 Å². The number of aryl methyl sites for hydroxylation is 2. The lowest BCUT2D eigenvalue weighted by Gasteiger charge is -2.14. The number of fused-ring (bicyclic) bond motifs is 1. The molecule has 1 unspecified atom stereocenters. The van der Waals surface area contributed by atoms with Crippen LogP contribution in [0.25, 0.3) is 10.9 Å². The van der Waals surface area contributed by atoms with E-state index in [1.165, 1.54) is 16.5 Å². The van der Waals surface area contributed by atoms with Crippen LogP contribution in [-0.4, -0.2) is 21.5 Å². The highest BCUT2D eigenvalue weighted by atomic mass is 79.9. The highest BCUT2D eigenvalue weighted by Crippen LogP contribution is 2.12. The Morgan fingerprint density at radius 3 is 2.70 bits per heavy atom. The first-order valence-electron chi connectivity index (χ1n) is 9.01. The van der Waals surface area contributed by atoms with Crippen molar-refractivity contribution >= 4 is 32.7 Å². The zero-order valence-electron chi connectivity index (χ0n) is 15.2. The van der Waals surface area contributed by atoms with Crippen molar-refractivity contribution < 1.29 is 4.79 Å². The number of para-hydroxylation sites is 1. The molecule has 1 N–H and O–H groups in total. The lowest BCUT2D eigenvalue weighted by molar-refractivity contribution is -0.121. The monoisotopic (exact) mass is 427 g/mol. The number of carbonyl (C=O) groups excluding carboxylic acids is 1. The summed E-state index contributed by atoms with van der Waals surface area (Å²) in [6, 6.07) is 15.5. The number of amides is 1. The van der Waals surface area contributed by atoms with E-state index in [0.717, 1.165) is 17.3 Å². The van der Waals surface area contributed by atoms with Crippen LogP contribution in [0.2, 0.25) is 0 Å². The molecule has 2 aromatic carbocycles. The highest BCUT2D eigenvalue weighted by molar-refractivity contribution is 9.10. The van der Waals surface area contributed by atoms with E-state index in [2.05, 4.69) is 38.4 Å². The molecule has 140 valence electrons. The first-order valence-corrected chi connectivity index (χ1v) is 9.80. The Balaban J connectivity index is 1.50. The van der Waals surface area contributed by atoms with Crippen molar-refractivity contribution in [2.45, 2.75) is 38.8 Å². The van der Waals surface area contributed by atoms with Gasteiger partial charge in [0.25, 0.3) is 5.56 Å².